The van der Waals surface area contributed by atoms with Crippen LogP contribution in [-0.2, 0) is 20.0 Å². The van der Waals surface area contributed by atoms with E-state index in [1.165, 1.54) is 0 Å². The molecule has 1 amide bonds. The van der Waals surface area contributed by atoms with Gasteiger partial charge in [-0.25, -0.2) is 0 Å². The minimum Gasteiger partial charge on any atom is -0.391 e. The molecule has 2 aromatic carbocycles. The zero-order valence-corrected chi connectivity index (χ0v) is 18.3. The zero-order valence-electron chi connectivity index (χ0n) is 17.6. The van der Waals surface area contributed by atoms with Crippen molar-refractivity contribution in [3.63, 3.8) is 0 Å². The highest BCUT2D eigenvalue weighted by Gasteiger charge is 2.37. The second kappa shape index (κ2) is 8.13. The van der Waals surface area contributed by atoms with Crippen LogP contribution in [0.1, 0.15) is 52.7 Å². The number of aryl methyl sites for hydroxylation is 1. The minimum atomic E-state index is -0.430. The predicted molar refractivity (Wildman–Crippen MR) is 121 cm³/mol. The first-order chi connectivity index (χ1) is 15.0. The highest BCUT2D eigenvalue weighted by molar-refractivity contribution is 6.31. The zero-order chi connectivity index (χ0) is 21.5. The molecule has 2 heterocycles. The summed E-state index contributed by atoms with van der Waals surface area (Å²) in [6.45, 7) is 0.537. The van der Waals surface area contributed by atoms with Crippen LogP contribution in [0.5, 0.6) is 0 Å². The molecular formula is C25H26ClN3O2. The summed E-state index contributed by atoms with van der Waals surface area (Å²) in [6.07, 6.45) is 7.81. The highest BCUT2D eigenvalue weighted by Crippen LogP contribution is 2.34. The van der Waals surface area contributed by atoms with Crippen LogP contribution >= 0.6 is 11.6 Å². The number of carbonyl (C=O) groups is 1. The Kier molecular flexibility index (Phi) is 5.32. The van der Waals surface area contributed by atoms with Gasteiger partial charge in [-0.3, -0.25) is 9.48 Å². The molecule has 0 bridgehead atoms. The molecule has 2 unspecified atom stereocenters. The van der Waals surface area contributed by atoms with E-state index >= 15 is 0 Å². The number of benzene rings is 2. The van der Waals surface area contributed by atoms with Crippen molar-refractivity contribution in [1.82, 2.24) is 14.7 Å². The van der Waals surface area contributed by atoms with Gasteiger partial charge in [0.1, 0.15) is 0 Å². The number of hydrogen-bond donors (Lipinski definition) is 1. The molecule has 2 atom stereocenters. The number of carbonyl (C=O) groups excluding carboxylic acids is 1. The maximum Gasteiger partial charge on any atom is 0.254 e. The van der Waals surface area contributed by atoms with Crippen LogP contribution in [0.2, 0.25) is 5.02 Å². The lowest BCUT2D eigenvalue weighted by molar-refractivity contribution is 0.0191. The lowest BCUT2D eigenvalue weighted by Crippen LogP contribution is -2.45. The van der Waals surface area contributed by atoms with E-state index in [0.717, 1.165) is 59.1 Å². The third-order valence-electron chi connectivity index (χ3n) is 6.59. The van der Waals surface area contributed by atoms with Crippen molar-refractivity contribution in [2.24, 2.45) is 7.05 Å². The standard InChI is InChI=1S/C25H26ClN3O2/c1-28-14-20(13-27-28)17-8-6-16(7-9-17)10-18-11-21-19(12-22(18)26)15-29(25(21)31)23-4-2-3-5-24(23)30/h6-9,11-14,23-24,30H,2-5,10,15H2,1H3. The second-order valence-corrected chi connectivity index (χ2v) is 9.14. The first kappa shape index (κ1) is 20.3. The molecule has 1 fully saturated rings. The van der Waals surface area contributed by atoms with Crippen LogP contribution in [0.25, 0.3) is 11.1 Å². The monoisotopic (exact) mass is 435 g/mol. The fourth-order valence-electron chi connectivity index (χ4n) is 4.86. The average molecular weight is 436 g/mol. The van der Waals surface area contributed by atoms with E-state index < -0.39 is 6.10 Å². The van der Waals surface area contributed by atoms with Crippen molar-refractivity contribution in [3.8, 4) is 11.1 Å². The van der Waals surface area contributed by atoms with E-state index in [1.807, 2.05) is 36.5 Å². The van der Waals surface area contributed by atoms with Crippen LogP contribution in [0.15, 0.2) is 48.8 Å². The molecule has 3 aromatic rings. The number of aliphatic hydroxyl groups is 1. The molecule has 160 valence electrons. The SMILES string of the molecule is Cn1cc(-c2ccc(Cc3cc4c(cc3Cl)CN(C3CCCCC3O)C4=O)cc2)cn1. The third kappa shape index (κ3) is 3.88. The van der Waals surface area contributed by atoms with Crippen LogP contribution < -0.4 is 0 Å². The molecule has 31 heavy (non-hydrogen) atoms. The van der Waals surface area contributed by atoms with Crippen LogP contribution in [0.4, 0.5) is 0 Å². The molecule has 2 aliphatic rings. The Bertz CT molecular complexity index is 1120. The molecule has 1 aromatic heterocycles. The van der Waals surface area contributed by atoms with Gasteiger partial charge in [-0.05, 0) is 53.6 Å². The van der Waals surface area contributed by atoms with Crippen molar-refractivity contribution in [3.05, 3.63) is 76.1 Å². The van der Waals surface area contributed by atoms with E-state index in [-0.39, 0.29) is 11.9 Å². The van der Waals surface area contributed by atoms with Gasteiger partial charge in [-0.2, -0.15) is 5.10 Å². The summed E-state index contributed by atoms with van der Waals surface area (Å²) in [7, 11) is 1.91. The number of aromatic nitrogens is 2. The van der Waals surface area contributed by atoms with Gasteiger partial charge in [0.2, 0.25) is 0 Å². The Hall–Kier alpha value is -2.63. The summed E-state index contributed by atoms with van der Waals surface area (Å²) in [5, 5.41) is 15.3. The first-order valence-corrected chi connectivity index (χ1v) is 11.3. The molecule has 5 nitrogen and oxygen atoms in total. The van der Waals surface area contributed by atoms with Crippen LogP contribution in [0.3, 0.4) is 0 Å². The van der Waals surface area contributed by atoms with Gasteiger partial charge >= 0.3 is 0 Å². The molecule has 1 aliphatic heterocycles. The molecule has 0 radical (unpaired) electrons. The number of nitrogens with zero attached hydrogens (tertiary/aromatic N) is 3. The topological polar surface area (TPSA) is 58.4 Å². The molecule has 0 saturated heterocycles. The largest absolute Gasteiger partial charge is 0.391 e. The Morgan fingerprint density at radius 3 is 2.61 bits per heavy atom. The van der Waals surface area contributed by atoms with Crippen molar-refractivity contribution in [2.75, 3.05) is 0 Å². The lowest BCUT2D eigenvalue weighted by Gasteiger charge is -2.35. The third-order valence-corrected chi connectivity index (χ3v) is 6.94. The van der Waals surface area contributed by atoms with Crippen molar-refractivity contribution in [2.45, 2.75) is 50.8 Å². The summed E-state index contributed by atoms with van der Waals surface area (Å²) in [4.78, 5) is 15.0. The fourth-order valence-corrected chi connectivity index (χ4v) is 5.12. The fraction of sp³-hybridized carbons (Fsp3) is 0.360. The highest BCUT2D eigenvalue weighted by atomic mass is 35.5. The lowest BCUT2D eigenvalue weighted by atomic mass is 9.91. The maximum atomic E-state index is 13.1. The van der Waals surface area contributed by atoms with Gasteiger partial charge in [-0.1, -0.05) is 48.7 Å². The molecule has 0 spiro atoms. The van der Waals surface area contributed by atoms with E-state index in [2.05, 4.69) is 29.4 Å². The quantitative estimate of drug-likeness (QED) is 0.652. The van der Waals surface area contributed by atoms with Crippen LogP contribution in [0, 0.1) is 0 Å². The van der Waals surface area contributed by atoms with Gasteiger partial charge in [0.25, 0.3) is 5.91 Å². The molecule has 6 heteroatoms. The summed E-state index contributed by atoms with van der Waals surface area (Å²) in [6, 6.07) is 12.2. The predicted octanol–water partition coefficient (Wildman–Crippen LogP) is 4.59. The number of aliphatic hydroxyl groups excluding tert-OH is 1. The van der Waals surface area contributed by atoms with Gasteiger partial charge < -0.3 is 10.0 Å². The summed E-state index contributed by atoms with van der Waals surface area (Å²) < 4.78 is 1.79. The normalized spacial score (nSPS) is 20.9. The first-order valence-electron chi connectivity index (χ1n) is 10.9. The Labute approximate surface area is 187 Å². The van der Waals surface area contributed by atoms with Crippen molar-refractivity contribution < 1.29 is 9.90 Å². The van der Waals surface area contributed by atoms with Gasteiger partial charge in [0.15, 0.2) is 0 Å². The number of rotatable bonds is 4. The molecule has 1 aliphatic carbocycles. The van der Waals surface area contributed by atoms with Gasteiger partial charge in [0, 0.05) is 35.9 Å². The van der Waals surface area contributed by atoms with Crippen molar-refractivity contribution >= 4 is 17.5 Å². The van der Waals surface area contributed by atoms with E-state index in [9.17, 15) is 9.90 Å². The second-order valence-electron chi connectivity index (χ2n) is 8.73. The summed E-state index contributed by atoms with van der Waals surface area (Å²) in [5.41, 5.74) is 5.98. The molecular weight excluding hydrogens is 410 g/mol. The Morgan fingerprint density at radius 2 is 1.90 bits per heavy atom. The Morgan fingerprint density at radius 1 is 1.13 bits per heavy atom. The van der Waals surface area contributed by atoms with E-state index in [1.54, 1.807) is 4.68 Å². The van der Waals surface area contributed by atoms with Crippen LogP contribution in [-0.4, -0.2) is 37.8 Å². The maximum absolute atomic E-state index is 13.1. The minimum absolute atomic E-state index is 0.0193. The van der Waals surface area contributed by atoms with E-state index in [0.29, 0.717) is 18.0 Å². The van der Waals surface area contributed by atoms with E-state index in [4.69, 9.17) is 11.6 Å². The Balaban J connectivity index is 1.36. The number of hydrogen-bond acceptors (Lipinski definition) is 3. The van der Waals surface area contributed by atoms with Gasteiger partial charge in [0.05, 0.1) is 18.3 Å². The number of fused-ring (bicyclic) bond motifs is 1. The smallest absolute Gasteiger partial charge is 0.254 e. The number of halogens is 1. The molecule has 1 saturated carbocycles. The van der Waals surface area contributed by atoms with Gasteiger partial charge in [-0.15, -0.1) is 0 Å². The number of amides is 1. The van der Waals surface area contributed by atoms with Crippen molar-refractivity contribution in [1.29, 1.82) is 0 Å². The summed E-state index contributed by atoms with van der Waals surface area (Å²) >= 11 is 6.61. The molecule has 1 N–H and O–H groups in total. The average Bonchev–Trinajstić information content (AvgIpc) is 3.33. The molecule has 5 rings (SSSR count). The summed E-state index contributed by atoms with van der Waals surface area (Å²) in [5.74, 6) is 0.0193.